The van der Waals surface area contributed by atoms with Gasteiger partial charge >= 0.3 is 0 Å². The molecule has 0 radical (unpaired) electrons. The van der Waals surface area contributed by atoms with E-state index in [1.807, 2.05) is 41.8 Å². The number of carbonyl (C=O) groups excluding carboxylic acids is 1. The van der Waals surface area contributed by atoms with Crippen molar-refractivity contribution >= 4 is 29.1 Å². The van der Waals surface area contributed by atoms with Gasteiger partial charge in [0.2, 0.25) is 6.10 Å². The SMILES string of the molecule is CC(O/N=C/c1cccs1)C(=O)Nc1ccccc1C(C)C. The van der Waals surface area contributed by atoms with Gasteiger partial charge in [-0.3, -0.25) is 4.79 Å². The Bertz CT molecular complexity index is 636. The third-order valence-corrected chi connectivity index (χ3v) is 3.96. The van der Waals surface area contributed by atoms with Crippen molar-refractivity contribution in [2.75, 3.05) is 5.32 Å². The summed E-state index contributed by atoms with van der Waals surface area (Å²) in [6.45, 7) is 5.87. The highest BCUT2D eigenvalue weighted by molar-refractivity contribution is 7.11. The predicted molar refractivity (Wildman–Crippen MR) is 91.6 cm³/mol. The van der Waals surface area contributed by atoms with Crippen LogP contribution < -0.4 is 5.32 Å². The van der Waals surface area contributed by atoms with E-state index in [0.717, 1.165) is 16.1 Å². The normalized spacial score (nSPS) is 12.5. The predicted octanol–water partition coefficient (Wildman–Crippen LogP) is 4.25. The summed E-state index contributed by atoms with van der Waals surface area (Å²) >= 11 is 1.56. The average Bonchev–Trinajstić information content (AvgIpc) is 3.00. The fourth-order valence-corrected chi connectivity index (χ4v) is 2.51. The molecule has 22 heavy (non-hydrogen) atoms. The summed E-state index contributed by atoms with van der Waals surface area (Å²) in [4.78, 5) is 18.4. The Balaban J connectivity index is 1.94. The molecule has 0 aliphatic carbocycles. The second-order valence-electron chi connectivity index (χ2n) is 5.23. The van der Waals surface area contributed by atoms with Crippen molar-refractivity contribution in [3.8, 4) is 0 Å². The summed E-state index contributed by atoms with van der Waals surface area (Å²) in [6.07, 6.45) is 0.952. The van der Waals surface area contributed by atoms with E-state index in [1.54, 1.807) is 24.5 Å². The second-order valence-corrected chi connectivity index (χ2v) is 6.21. The van der Waals surface area contributed by atoms with Crippen LogP contribution in [-0.4, -0.2) is 18.2 Å². The van der Waals surface area contributed by atoms with Crippen molar-refractivity contribution in [2.24, 2.45) is 5.16 Å². The zero-order valence-corrected chi connectivity index (χ0v) is 13.8. The number of anilines is 1. The Hall–Kier alpha value is -2.14. The zero-order valence-electron chi connectivity index (χ0n) is 12.9. The number of benzene rings is 1. The van der Waals surface area contributed by atoms with E-state index in [2.05, 4.69) is 24.3 Å². The van der Waals surface area contributed by atoms with Gasteiger partial charge in [0, 0.05) is 10.6 Å². The molecule has 1 aromatic heterocycles. The van der Waals surface area contributed by atoms with Gasteiger partial charge in [-0.25, -0.2) is 0 Å². The molecule has 1 N–H and O–H groups in total. The van der Waals surface area contributed by atoms with Crippen LogP contribution >= 0.6 is 11.3 Å². The fourth-order valence-electron chi connectivity index (χ4n) is 1.93. The largest absolute Gasteiger partial charge is 0.383 e. The van der Waals surface area contributed by atoms with Gasteiger partial charge in [-0.05, 0) is 35.9 Å². The van der Waals surface area contributed by atoms with Crippen molar-refractivity contribution in [1.82, 2.24) is 0 Å². The highest BCUT2D eigenvalue weighted by Crippen LogP contribution is 2.23. The molecule has 0 saturated carbocycles. The summed E-state index contributed by atoms with van der Waals surface area (Å²) < 4.78 is 0. The first-order chi connectivity index (χ1) is 10.6. The molecule has 1 heterocycles. The van der Waals surface area contributed by atoms with Gasteiger partial charge in [-0.15, -0.1) is 11.3 Å². The number of oxime groups is 1. The zero-order chi connectivity index (χ0) is 15.9. The van der Waals surface area contributed by atoms with Crippen molar-refractivity contribution in [3.05, 3.63) is 52.2 Å². The molecule has 0 bridgehead atoms. The maximum absolute atomic E-state index is 12.2. The van der Waals surface area contributed by atoms with Gasteiger partial charge in [0.1, 0.15) is 0 Å². The number of nitrogens with zero attached hydrogens (tertiary/aromatic N) is 1. The molecule has 4 nitrogen and oxygen atoms in total. The molecule has 0 fully saturated rings. The average molecular weight is 316 g/mol. The Morgan fingerprint density at radius 1 is 1.23 bits per heavy atom. The lowest BCUT2D eigenvalue weighted by Crippen LogP contribution is -2.27. The van der Waals surface area contributed by atoms with Gasteiger partial charge in [0.05, 0.1) is 6.21 Å². The monoisotopic (exact) mass is 316 g/mol. The van der Waals surface area contributed by atoms with Crippen molar-refractivity contribution in [2.45, 2.75) is 32.8 Å². The van der Waals surface area contributed by atoms with Gasteiger partial charge in [-0.2, -0.15) is 0 Å². The lowest BCUT2D eigenvalue weighted by atomic mass is 10.0. The molecule has 0 spiro atoms. The number of para-hydroxylation sites is 1. The van der Waals surface area contributed by atoms with Crippen LogP contribution in [0.2, 0.25) is 0 Å². The van der Waals surface area contributed by atoms with Crippen LogP contribution in [0.1, 0.15) is 37.1 Å². The Morgan fingerprint density at radius 2 is 2.00 bits per heavy atom. The Labute approximate surface area is 134 Å². The first-order valence-electron chi connectivity index (χ1n) is 7.20. The van der Waals surface area contributed by atoms with Crippen LogP contribution in [-0.2, 0) is 9.63 Å². The van der Waals surface area contributed by atoms with Gasteiger partial charge in [0.25, 0.3) is 5.91 Å². The van der Waals surface area contributed by atoms with Crippen LogP contribution in [0.5, 0.6) is 0 Å². The molecule has 0 aliphatic rings. The smallest absolute Gasteiger partial charge is 0.267 e. The maximum atomic E-state index is 12.2. The minimum atomic E-state index is -0.656. The minimum Gasteiger partial charge on any atom is -0.383 e. The number of amides is 1. The van der Waals surface area contributed by atoms with Gasteiger partial charge in [0.15, 0.2) is 0 Å². The summed E-state index contributed by atoms with van der Waals surface area (Å²) in [5, 5.41) is 8.72. The molecule has 1 unspecified atom stereocenters. The molecule has 1 amide bonds. The molecule has 1 atom stereocenters. The topological polar surface area (TPSA) is 50.7 Å². The second kappa shape index (κ2) is 7.75. The number of rotatable bonds is 6. The quantitative estimate of drug-likeness (QED) is 0.640. The van der Waals surface area contributed by atoms with E-state index < -0.39 is 6.10 Å². The van der Waals surface area contributed by atoms with Crippen LogP contribution in [0.25, 0.3) is 0 Å². The Kier molecular flexibility index (Phi) is 5.72. The molecule has 2 rings (SSSR count). The van der Waals surface area contributed by atoms with Crippen molar-refractivity contribution < 1.29 is 9.63 Å². The number of carbonyl (C=O) groups is 1. The summed E-state index contributed by atoms with van der Waals surface area (Å²) in [7, 11) is 0. The molecular formula is C17H20N2O2S. The van der Waals surface area contributed by atoms with Gasteiger partial charge < -0.3 is 10.2 Å². The van der Waals surface area contributed by atoms with E-state index in [-0.39, 0.29) is 5.91 Å². The molecule has 5 heteroatoms. The molecule has 0 saturated heterocycles. The standard InChI is InChI=1S/C17H20N2O2S/c1-12(2)15-8-4-5-9-16(15)19-17(20)13(3)21-18-11-14-7-6-10-22-14/h4-13H,1-3H3,(H,19,20)/b18-11+. The lowest BCUT2D eigenvalue weighted by molar-refractivity contribution is -0.126. The van der Waals surface area contributed by atoms with Crippen molar-refractivity contribution in [1.29, 1.82) is 0 Å². The van der Waals surface area contributed by atoms with E-state index in [1.165, 1.54) is 0 Å². The molecular weight excluding hydrogens is 296 g/mol. The molecule has 2 aromatic rings. The summed E-state index contributed by atoms with van der Waals surface area (Å²) in [5.41, 5.74) is 1.92. The molecule has 1 aromatic carbocycles. The van der Waals surface area contributed by atoms with E-state index >= 15 is 0 Å². The first kappa shape index (κ1) is 16.2. The van der Waals surface area contributed by atoms with Crippen LogP contribution in [0.4, 0.5) is 5.69 Å². The summed E-state index contributed by atoms with van der Waals surface area (Å²) in [5.74, 6) is 0.126. The third kappa shape index (κ3) is 4.43. The van der Waals surface area contributed by atoms with Crippen molar-refractivity contribution in [3.63, 3.8) is 0 Å². The lowest BCUT2D eigenvalue weighted by Gasteiger charge is -2.15. The van der Waals surface area contributed by atoms with Crippen LogP contribution in [0, 0.1) is 0 Å². The number of thiophene rings is 1. The molecule has 0 aliphatic heterocycles. The molecule has 116 valence electrons. The van der Waals surface area contributed by atoms with E-state index in [4.69, 9.17) is 4.84 Å². The number of hydrogen-bond donors (Lipinski definition) is 1. The van der Waals surface area contributed by atoms with E-state index in [0.29, 0.717) is 5.92 Å². The van der Waals surface area contributed by atoms with E-state index in [9.17, 15) is 4.79 Å². The van der Waals surface area contributed by atoms with Crippen LogP contribution in [0.3, 0.4) is 0 Å². The fraction of sp³-hybridized carbons (Fsp3) is 0.294. The van der Waals surface area contributed by atoms with Crippen LogP contribution in [0.15, 0.2) is 46.9 Å². The highest BCUT2D eigenvalue weighted by Gasteiger charge is 2.16. The van der Waals surface area contributed by atoms with Gasteiger partial charge in [-0.1, -0.05) is 43.3 Å². The number of hydrogen-bond acceptors (Lipinski definition) is 4. The highest BCUT2D eigenvalue weighted by atomic mass is 32.1. The third-order valence-electron chi connectivity index (χ3n) is 3.15. The first-order valence-corrected chi connectivity index (χ1v) is 8.08. The number of nitrogens with one attached hydrogen (secondary N) is 1. The minimum absolute atomic E-state index is 0.212. The summed E-state index contributed by atoms with van der Waals surface area (Å²) in [6, 6.07) is 11.7. The Morgan fingerprint density at radius 3 is 2.68 bits per heavy atom. The maximum Gasteiger partial charge on any atom is 0.267 e.